The summed E-state index contributed by atoms with van der Waals surface area (Å²) in [5.41, 5.74) is 2.59. The molecule has 32 heavy (non-hydrogen) atoms. The maximum Gasteiger partial charge on any atom is 0.257 e. The van der Waals surface area contributed by atoms with E-state index in [1.54, 1.807) is 0 Å². The van der Waals surface area contributed by atoms with Gasteiger partial charge in [0.05, 0.1) is 15.5 Å². The molecule has 166 valence electrons. The lowest BCUT2D eigenvalue weighted by atomic mass is 10.0. The van der Waals surface area contributed by atoms with Crippen LogP contribution >= 0.6 is 11.6 Å². The second-order valence-corrected chi connectivity index (χ2v) is 10.2. The molecule has 0 spiro atoms. The van der Waals surface area contributed by atoms with Crippen LogP contribution in [0.1, 0.15) is 36.0 Å². The lowest BCUT2D eigenvalue weighted by Gasteiger charge is -2.20. The first-order valence-electron chi connectivity index (χ1n) is 10.7. The number of carbonyl (C=O) groups excluding carboxylic acids is 1. The van der Waals surface area contributed by atoms with Crippen LogP contribution in [-0.2, 0) is 10.0 Å². The van der Waals surface area contributed by atoms with Crippen LogP contribution in [0.5, 0.6) is 0 Å². The van der Waals surface area contributed by atoms with E-state index in [2.05, 4.69) is 5.32 Å². The van der Waals surface area contributed by atoms with Crippen molar-refractivity contribution in [1.29, 1.82) is 0 Å². The van der Waals surface area contributed by atoms with E-state index in [1.165, 1.54) is 22.5 Å². The van der Waals surface area contributed by atoms with Crippen LogP contribution in [0.3, 0.4) is 0 Å². The highest BCUT2D eigenvalue weighted by molar-refractivity contribution is 7.89. The van der Waals surface area contributed by atoms with Crippen LogP contribution in [0.25, 0.3) is 11.1 Å². The fourth-order valence-corrected chi connectivity index (χ4v) is 5.67. The van der Waals surface area contributed by atoms with Crippen molar-refractivity contribution in [3.8, 4) is 11.1 Å². The number of amides is 1. The maximum atomic E-state index is 13.2. The number of halogens is 1. The van der Waals surface area contributed by atoms with Gasteiger partial charge in [0.25, 0.3) is 5.91 Å². The van der Waals surface area contributed by atoms with E-state index in [0.29, 0.717) is 18.8 Å². The van der Waals surface area contributed by atoms with E-state index in [1.807, 2.05) is 54.6 Å². The summed E-state index contributed by atoms with van der Waals surface area (Å²) in [4.78, 5) is 13.2. The van der Waals surface area contributed by atoms with Gasteiger partial charge in [-0.15, -0.1) is 0 Å². The first-order valence-corrected chi connectivity index (χ1v) is 12.5. The van der Waals surface area contributed by atoms with Gasteiger partial charge < -0.3 is 5.32 Å². The van der Waals surface area contributed by atoms with Crippen molar-refractivity contribution in [3.05, 3.63) is 83.4 Å². The minimum Gasteiger partial charge on any atom is -0.321 e. The van der Waals surface area contributed by atoms with Crippen molar-refractivity contribution in [2.75, 3.05) is 18.4 Å². The average Bonchev–Trinajstić information content (AvgIpc) is 3.10. The van der Waals surface area contributed by atoms with E-state index in [0.717, 1.165) is 36.8 Å². The number of carbonyl (C=O) groups is 1. The summed E-state index contributed by atoms with van der Waals surface area (Å²) < 4.78 is 27.9. The lowest BCUT2D eigenvalue weighted by Crippen LogP contribution is -2.32. The van der Waals surface area contributed by atoms with E-state index in [4.69, 9.17) is 11.6 Å². The quantitative estimate of drug-likeness (QED) is 0.512. The van der Waals surface area contributed by atoms with Gasteiger partial charge in [0.15, 0.2) is 0 Å². The molecule has 5 nitrogen and oxygen atoms in total. The van der Waals surface area contributed by atoms with Gasteiger partial charge in [-0.25, -0.2) is 8.42 Å². The van der Waals surface area contributed by atoms with Crippen LogP contribution in [0.4, 0.5) is 5.69 Å². The molecule has 0 atom stereocenters. The summed E-state index contributed by atoms with van der Waals surface area (Å²) in [5.74, 6) is -0.453. The molecule has 1 fully saturated rings. The molecule has 3 aromatic rings. The van der Waals surface area contributed by atoms with Gasteiger partial charge in [-0.2, -0.15) is 4.31 Å². The predicted molar refractivity (Wildman–Crippen MR) is 129 cm³/mol. The molecule has 1 N–H and O–H groups in total. The third-order valence-corrected chi connectivity index (χ3v) is 7.87. The summed E-state index contributed by atoms with van der Waals surface area (Å²) in [6, 6.07) is 21.5. The van der Waals surface area contributed by atoms with Gasteiger partial charge in [-0.1, -0.05) is 73.0 Å². The second-order valence-electron chi connectivity index (χ2n) is 7.83. The molecule has 0 aliphatic carbocycles. The van der Waals surface area contributed by atoms with Gasteiger partial charge in [0, 0.05) is 24.3 Å². The molecule has 0 radical (unpaired) electrons. The van der Waals surface area contributed by atoms with Crippen LogP contribution in [0.2, 0.25) is 5.02 Å². The molecule has 1 aliphatic heterocycles. The molecule has 1 saturated heterocycles. The molecule has 0 saturated carbocycles. The van der Waals surface area contributed by atoms with Crippen LogP contribution < -0.4 is 5.32 Å². The monoisotopic (exact) mass is 468 g/mol. The Balaban J connectivity index is 1.63. The molecule has 4 rings (SSSR count). The summed E-state index contributed by atoms with van der Waals surface area (Å²) in [6.45, 7) is 0.994. The fraction of sp³-hybridized carbons (Fsp3) is 0.240. The van der Waals surface area contributed by atoms with Gasteiger partial charge in [-0.3, -0.25) is 4.79 Å². The number of hydrogen-bond acceptors (Lipinski definition) is 3. The topological polar surface area (TPSA) is 66.5 Å². The highest BCUT2D eigenvalue weighted by Gasteiger charge is 2.26. The smallest absolute Gasteiger partial charge is 0.257 e. The molecule has 0 aromatic heterocycles. The van der Waals surface area contributed by atoms with E-state index >= 15 is 0 Å². The molecule has 1 aliphatic rings. The fourth-order valence-electron chi connectivity index (χ4n) is 3.92. The Morgan fingerprint density at radius 1 is 0.844 bits per heavy atom. The molecular formula is C25H25ClN2O3S. The number of rotatable bonds is 5. The highest BCUT2D eigenvalue weighted by atomic mass is 35.5. The number of hydrogen-bond donors (Lipinski definition) is 1. The normalized spacial score (nSPS) is 15.2. The highest BCUT2D eigenvalue weighted by Crippen LogP contribution is 2.30. The SMILES string of the molecule is O=C(Nc1ccccc1-c1ccccc1)c1cc(S(=O)(=O)N2CCCCCC2)ccc1Cl. The first kappa shape index (κ1) is 22.5. The Morgan fingerprint density at radius 3 is 2.22 bits per heavy atom. The van der Waals surface area contributed by atoms with E-state index < -0.39 is 15.9 Å². The van der Waals surface area contributed by atoms with E-state index in [-0.39, 0.29) is 15.5 Å². The van der Waals surface area contributed by atoms with Gasteiger partial charge in [0.2, 0.25) is 10.0 Å². The van der Waals surface area contributed by atoms with Crippen LogP contribution in [0, 0.1) is 0 Å². The Kier molecular flexibility index (Phi) is 6.94. The number of para-hydroxylation sites is 1. The second kappa shape index (κ2) is 9.86. The third kappa shape index (κ3) is 4.88. The van der Waals surface area contributed by atoms with Gasteiger partial charge in [0.1, 0.15) is 0 Å². The minimum absolute atomic E-state index is 0.0882. The molecule has 1 heterocycles. The van der Waals surface area contributed by atoms with Crippen molar-refractivity contribution >= 4 is 33.2 Å². The van der Waals surface area contributed by atoms with Crippen molar-refractivity contribution in [2.24, 2.45) is 0 Å². The zero-order chi connectivity index (χ0) is 22.6. The Hall–Kier alpha value is -2.67. The lowest BCUT2D eigenvalue weighted by molar-refractivity contribution is 0.102. The molecule has 3 aromatic carbocycles. The number of anilines is 1. The van der Waals surface area contributed by atoms with Crippen molar-refractivity contribution in [2.45, 2.75) is 30.6 Å². The zero-order valence-corrected chi connectivity index (χ0v) is 19.2. The average molecular weight is 469 g/mol. The Bertz CT molecular complexity index is 1200. The summed E-state index contributed by atoms with van der Waals surface area (Å²) in [5, 5.41) is 3.11. The number of benzene rings is 3. The molecule has 1 amide bonds. The number of sulfonamides is 1. The summed E-state index contributed by atoms with van der Waals surface area (Å²) >= 11 is 6.31. The van der Waals surface area contributed by atoms with E-state index in [9.17, 15) is 13.2 Å². The zero-order valence-electron chi connectivity index (χ0n) is 17.6. The maximum absolute atomic E-state index is 13.2. The van der Waals surface area contributed by atoms with Crippen molar-refractivity contribution < 1.29 is 13.2 Å². The Labute approximate surface area is 194 Å². The standard InChI is InChI=1S/C25H25ClN2O3S/c26-23-15-14-20(32(30,31)28-16-8-1-2-9-17-28)18-22(23)25(29)27-24-13-7-6-12-21(24)19-10-4-3-5-11-19/h3-7,10-15,18H,1-2,8-9,16-17H2,(H,27,29). The molecule has 0 unspecified atom stereocenters. The summed E-state index contributed by atoms with van der Waals surface area (Å²) in [7, 11) is -3.69. The Morgan fingerprint density at radius 2 is 1.50 bits per heavy atom. The van der Waals surface area contributed by atoms with Gasteiger partial charge >= 0.3 is 0 Å². The molecular weight excluding hydrogens is 444 g/mol. The third-order valence-electron chi connectivity index (χ3n) is 5.65. The largest absolute Gasteiger partial charge is 0.321 e. The van der Waals surface area contributed by atoms with Crippen molar-refractivity contribution in [3.63, 3.8) is 0 Å². The van der Waals surface area contributed by atoms with Crippen molar-refractivity contribution in [1.82, 2.24) is 4.31 Å². The van der Waals surface area contributed by atoms with Crippen LogP contribution in [0.15, 0.2) is 77.7 Å². The van der Waals surface area contributed by atoms with Crippen LogP contribution in [-0.4, -0.2) is 31.7 Å². The summed E-state index contributed by atoms with van der Waals surface area (Å²) in [6.07, 6.45) is 3.75. The van der Waals surface area contributed by atoms with Gasteiger partial charge in [-0.05, 0) is 42.7 Å². The predicted octanol–water partition coefficient (Wildman–Crippen LogP) is 5.82. The minimum atomic E-state index is -3.69. The molecule has 7 heteroatoms. The number of nitrogens with zero attached hydrogens (tertiary/aromatic N) is 1. The number of nitrogens with one attached hydrogen (secondary N) is 1. The molecule has 0 bridgehead atoms. The first-order chi connectivity index (χ1) is 15.5.